The highest BCUT2D eigenvalue weighted by atomic mass is 16.5. The van der Waals surface area contributed by atoms with Crippen LogP contribution in [0.25, 0.3) is 0 Å². The number of carbonyl (C=O) groups is 1. The maximum atomic E-state index is 11.2. The summed E-state index contributed by atoms with van der Waals surface area (Å²) in [6, 6.07) is 0. The summed E-state index contributed by atoms with van der Waals surface area (Å²) < 4.78 is 10.4. The molecule has 0 aromatic rings. The second kappa shape index (κ2) is 10.9. The number of ether oxygens (including phenoxy) is 2. The molecular formula is C13H26O3. The quantitative estimate of drug-likeness (QED) is 0.427. The predicted molar refractivity (Wildman–Crippen MR) is 65.4 cm³/mol. The molecule has 0 spiro atoms. The van der Waals surface area contributed by atoms with Crippen LogP contribution in [-0.4, -0.2) is 25.8 Å². The zero-order valence-electron chi connectivity index (χ0n) is 11.0. The molecule has 0 atom stereocenters. The van der Waals surface area contributed by atoms with Gasteiger partial charge >= 0.3 is 5.97 Å². The predicted octanol–water partition coefficient (Wildman–Crippen LogP) is 3.17. The van der Waals surface area contributed by atoms with Gasteiger partial charge in [-0.1, -0.05) is 27.2 Å². The van der Waals surface area contributed by atoms with Crippen LogP contribution >= 0.6 is 0 Å². The molecule has 0 saturated carbocycles. The Morgan fingerprint density at radius 2 is 1.88 bits per heavy atom. The molecule has 0 aromatic carbocycles. The standard InChI is InChI=1S/C13H26O3/c1-4-9-15-10-7-5-6-8-13(14)16-11-12(2)3/h12H,4-11H2,1-3H3. The highest BCUT2D eigenvalue weighted by Gasteiger charge is 2.03. The van der Waals surface area contributed by atoms with Gasteiger partial charge in [-0.05, 0) is 25.2 Å². The van der Waals surface area contributed by atoms with Gasteiger partial charge in [0.05, 0.1) is 6.61 Å². The Morgan fingerprint density at radius 3 is 2.50 bits per heavy atom. The van der Waals surface area contributed by atoms with E-state index < -0.39 is 0 Å². The second-order valence-electron chi connectivity index (χ2n) is 4.50. The number of hydrogen-bond acceptors (Lipinski definition) is 3. The highest BCUT2D eigenvalue weighted by Crippen LogP contribution is 2.03. The normalized spacial score (nSPS) is 10.8. The molecule has 0 radical (unpaired) electrons. The van der Waals surface area contributed by atoms with Gasteiger partial charge in [-0.25, -0.2) is 0 Å². The van der Waals surface area contributed by atoms with Crippen molar-refractivity contribution in [3.63, 3.8) is 0 Å². The van der Waals surface area contributed by atoms with E-state index in [0.717, 1.165) is 38.9 Å². The van der Waals surface area contributed by atoms with Gasteiger partial charge in [-0.2, -0.15) is 0 Å². The van der Waals surface area contributed by atoms with Crippen molar-refractivity contribution >= 4 is 5.97 Å². The van der Waals surface area contributed by atoms with Crippen LogP contribution in [0, 0.1) is 5.92 Å². The number of unbranched alkanes of at least 4 members (excludes halogenated alkanes) is 2. The van der Waals surface area contributed by atoms with Gasteiger partial charge < -0.3 is 9.47 Å². The second-order valence-corrected chi connectivity index (χ2v) is 4.50. The van der Waals surface area contributed by atoms with E-state index in [1.165, 1.54) is 0 Å². The molecule has 0 saturated heterocycles. The minimum Gasteiger partial charge on any atom is -0.465 e. The molecule has 0 rings (SSSR count). The molecule has 0 amide bonds. The third kappa shape index (κ3) is 11.5. The molecule has 3 nitrogen and oxygen atoms in total. The number of carbonyl (C=O) groups excluding carboxylic acids is 1. The topological polar surface area (TPSA) is 35.5 Å². The van der Waals surface area contributed by atoms with E-state index in [9.17, 15) is 4.79 Å². The van der Waals surface area contributed by atoms with Gasteiger partial charge in [0.2, 0.25) is 0 Å². The van der Waals surface area contributed by atoms with Crippen molar-refractivity contribution in [3.05, 3.63) is 0 Å². The minimum absolute atomic E-state index is 0.0665. The Balaban J connectivity index is 3.15. The van der Waals surface area contributed by atoms with Crippen molar-refractivity contribution in [2.75, 3.05) is 19.8 Å². The lowest BCUT2D eigenvalue weighted by molar-refractivity contribution is -0.144. The van der Waals surface area contributed by atoms with Crippen molar-refractivity contribution in [1.29, 1.82) is 0 Å². The summed E-state index contributed by atoms with van der Waals surface area (Å²) in [7, 11) is 0. The summed E-state index contributed by atoms with van der Waals surface area (Å²) in [5.41, 5.74) is 0. The first kappa shape index (κ1) is 15.4. The van der Waals surface area contributed by atoms with Gasteiger partial charge in [0, 0.05) is 19.6 Å². The van der Waals surface area contributed by atoms with Crippen LogP contribution in [0.3, 0.4) is 0 Å². The molecular weight excluding hydrogens is 204 g/mol. The molecule has 96 valence electrons. The summed E-state index contributed by atoms with van der Waals surface area (Å²) >= 11 is 0. The lowest BCUT2D eigenvalue weighted by atomic mass is 10.2. The number of rotatable bonds is 10. The van der Waals surface area contributed by atoms with E-state index in [0.29, 0.717) is 18.9 Å². The van der Waals surface area contributed by atoms with Crippen LogP contribution in [0.1, 0.15) is 52.9 Å². The molecule has 0 heterocycles. The summed E-state index contributed by atoms with van der Waals surface area (Å²) in [6.45, 7) is 8.38. The molecule has 0 aliphatic heterocycles. The first-order valence-corrected chi connectivity index (χ1v) is 6.40. The molecule has 0 N–H and O–H groups in total. The van der Waals surface area contributed by atoms with Gasteiger partial charge in [-0.15, -0.1) is 0 Å². The Bertz CT molecular complexity index is 167. The van der Waals surface area contributed by atoms with Crippen LogP contribution in [0.15, 0.2) is 0 Å². The van der Waals surface area contributed by atoms with Crippen LogP contribution in [-0.2, 0) is 14.3 Å². The Labute approximate surface area is 99.5 Å². The Kier molecular flexibility index (Phi) is 10.5. The van der Waals surface area contributed by atoms with E-state index in [1.54, 1.807) is 0 Å². The molecule has 0 unspecified atom stereocenters. The molecule has 0 fully saturated rings. The van der Waals surface area contributed by atoms with Crippen molar-refractivity contribution in [2.24, 2.45) is 5.92 Å². The smallest absolute Gasteiger partial charge is 0.305 e. The van der Waals surface area contributed by atoms with Crippen molar-refractivity contribution in [1.82, 2.24) is 0 Å². The fourth-order valence-electron chi connectivity index (χ4n) is 1.23. The largest absolute Gasteiger partial charge is 0.465 e. The Hall–Kier alpha value is -0.570. The number of esters is 1. The average molecular weight is 230 g/mol. The van der Waals surface area contributed by atoms with E-state index in [1.807, 2.05) is 13.8 Å². The number of hydrogen-bond donors (Lipinski definition) is 0. The maximum Gasteiger partial charge on any atom is 0.305 e. The third-order valence-electron chi connectivity index (χ3n) is 2.10. The SMILES string of the molecule is CCCOCCCCCC(=O)OCC(C)C. The molecule has 0 bridgehead atoms. The van der Waals surface area contributed by atoms with Gasteiger partial charge in [0.15, 0.2) is 0 Å². The minimum atomic E-state index is -0.0665. The summed E-state index contributed by atoms with van der Waals surface area (Å²) in [5, 5.41) is 0. The molecule has 3 heteroatoms. The molecule has 16 heavy (non-hydrogen) atoms. The molecule has 0 aliphatic rings. The summed E-state index contributed by atoms with van der Waals surface area (Å²) in [5.74, 6) is 0.356. The zero-order valence-corrected chi connectivity index (χ0v) is 11.0. The lowest BCUT2D eigenvalue weighted by Crippen LogP contribution is -2.09. The van der Waals surface area contributed by atoms with Crippen LogP contribution in [0.4, 0.5) is 0 Å². The monoisotopic (exact) mass is 230 g/mol. The third-order valence-corrected chi connectivity index (χ3v) is 2.10. The Morgan fingerprint density at radius 1 is 1.12 bits per heavy atom. The van der Waals surface area contributed by atoms with Crippen molar-refractivity contribution < 1.29 is 14.3 Å². The van der Waals surface area contributed by atoms with E-state index in [4.69, 9.17) is 9.47 Å². The summed E-state index contributed by atoms with van der Waals surface area (Å²) in [4.78, 5) is 11.2. The van der Waals surface area contributed by atoms with Gasteiger partial charge in [0.1, 0.15) is 0 Å². The fourth-order valence-corrected chi connectivity index (χ4v) is 1.23. The molecule has 0 aromatic heterocycles. The zero-order chi connectivity index (χ0) is 12.2. The van der Waals surface area contributed by atoms with E-state index >= 15 is 0 Å². The first-order chi connectivity index (χ1) is 7.66. The van der Waals surface area contributed by atoms with Gasteiger partial charge in [0.25, 0.3) is 0 Å². The molecule has 0 aliphatic carbocycles. The maximum absolute atomic E-state index is 11.2. The van der Waals surface area contributed by atoms with Crippen molar-refractivity contribution in [3.8, 4) is 0 Å². The van der Waals surface area contributed by atoms with Crippen LogP contribution in [0.5, 0.6) is 0 Å². The average Bonchev–Trinajstić information content (AvgIpc) is 2.25. The lowest BCUT2D eigenvalue weighted by Gasteiger charge is -2.07. The van der Waals surface area contributed by atoms with E-state index in [2.05, 4.69) is 6.92 Å². The van der Waals surface area contributed by atoms with E-state index in [-0.39, 0.29) is 5.97 Å². The van der Waals surface area contributed by atoms with Crippen molar-refractivity contribution in [2.45, 2.75) is 52.9 Å². The van der Waals surface area contributed by atoms with Crippen LogP contribution < -0.4 is 0 Å². The van der Waals surface area contributed by atoms with Crippen LogP contribution in [0.2, 0.25) is 0 Å². The highest BCUT2D eigenvalue weighted by molar-refractivity contribution is 5.69. The summed E-state index contributed by atoms with van der Waals surface area (Å²) in [6.07, 6.45) is 4.60. The fraction of sp³-hybridized carbons (Fsp3) is 0.923. The first-order valence-electron chi connectivity index (χ1n) is 6.40. The van der Waals surface area contributed by atoms with Gasteiger partial charge in [-0.3, -0.25) is 4.79 Å².